The van der Waals surface area contributed by atoms with Gasteiger partial charge in [0.05, 0.1) is 23.0 Å². The lowest BCUT2D eigenvalue weighted by molar-refractivity contribution is -0.0321. The van der Waals surface area contributed by atoms with Gasteiger partial charge in [-0.25, -0.2) is 9.36 Å². The number of piperazine rings is 1. The molecule has 247 valence electrons. The van der Waals surface area contributed by atoms with Crippen LogP contribution in [0.4, 0.5) is 4.79 Å². The molecule has 8 nitrogen and oxygen atoms in total. The van der Waals surface area contributed by atoms with Gasteiger partial charge in [0.2, 0.25) is 9.04 Å². The monoisotopic (exact) mass is 643 g/mol. The van der Waals surface area contributed by atoms with Gasteiger partial charge in [0, 0.05) is 50.2 Å². The van der Waals surface area contributed by atoms with Crippen molar-refractivity contribution < 1.29 is 18.8 Å². The largest absolute Gasteiger partial charge is 0.443 e. The van der Waals surface area contributed by atoms with Gasteiger partial charge in [-0.3, -0.25) is 14.6 Å². The standard InChI is InChI=1S/C37H51N4O4Si/c1-36(2,3)21-32(45-46(7)8)40-17-15-39(16-18-40)23-24-9-14-30-26(19-24)20-31(41(30)35(43)44-37(4,5)6)28-13-12-27(25-10-11-25)29-22-38-34(42)33(28)29/h9,12-14,19-20,25,32H,10-11,15-18,21-23H2,1-8H3,(H,38,42). The van der Waals surface area contributed by atoms with E-state index in [4.69, 9.17) is 9.16 Å². The topological polar surface area (TPSA) is 76.0 Å². The van der Waals surface area contributed by atoms with Gasteiger partial charge in [0.25, 0.3) is 5.91 Å². The van der Waals surface area contributed by atoms with Crippen molar-refractivity contribution in [2.45, 2.75) is 105 Å². The molecule has 1 radical (unpaired) electrons. The number of aromatic nitrogens is 1. The highest BCUT2D eigenvalue weighted by molar-refractivity contribution is 6.48. The normalized spacial score (nSPS) is 18.7. The molecule has 3 aliphatic rings. The summed E-state index contributed by atoms with van der Waals surface area (Å²) in [5, 5.41) is 4.01. The highest BCUT2D eigenvalue weighted by Gasteiger charge is 2.35. The van der Waals surface area contributed by atoms with E-state index >= 15 is 0 Å². The summed E-state index contributed by atoms with van der Waals surface area (Å²) in [6, 6.07) is 12.6. The molecule has 0 bridgehead atoms. The van der Waals surface area contributed by atoms with E-state index < -0.39 is 20.7 Å². The molecule has 1 unspecified atom stereocenters. The second-order valence-corrected chi connectivity index (χ2v) is 17.9. The number of nitrogens with one attached hydrogen (secondary N) is 1. The Kier molecular flexibility index (Phi) is 8.99. The maximum absolute atomic E-state index is 13.8. The molecule has 9 heteroatoms. The molecule has 1 N–H and O–H groups in total. The first-order valence-corrected chi connectivity index (χ1v) is 19.3. The zero-order valence-electron chi connectivity index (χ0n) is 29.0. The molecule has 2 fully saturated rings. The lowest BCUT2D eigenvalue weighted by Gasteiger charge is -2.41. The molecule has 3 aromatic rings. The lowest BCUT2D eigenvalue weighted by atomic mass is 9.91. The summed E-state index contributed by atoms with van der Waals surface area (Å²) < 4.78 is 14.0. The molecule has 1 amide bonds. The van der Waals surface area contributed by atoms with Crippen molar-refractivity contribution in [3.63, 3.8) is 0 Å². The first-order valence-electron chi connectivity index (χ1n) is 16.9. The van der Waals surface area contributed by atoms with E-state index in [0.29, 0.717) is 23.7 Å². The van der Waals surface area contributed by atoms with Crippen LogP contribution in [-0.4, -0.2) is 73.4 Å². The van der Waals surface area contributed by atoms with Crippen LogP contribution in [0, 0.1) is 5.41 Å². The predicted molar refractivity (Wildman–Crippen MR) is 185 cm³/mol. The third kappa shape index (κ3) is 7.28. The number of rotatable bonds is 8. The first-order chi connectivity index (χ1) is 21.7. The van der Waals surface area contributed by atoms with Crippen LogP contribution in [0.15, 0.2) is 36.4 Å². The third-order valence-corrected chi connectivity index (χ3v) is 9.86. The summed E-state index contributed by atoms with van der Waals surface area (Å²) in [5.41, 5.74) is 6.07. The van der Waals surface area contributed by atoms with Gasteiger partial charge in [-0.15, -0.1) is 0 Å². The van der Waals surface area contributed by atoms with E-state index in [2.05, 4.69) is 73.2 Å². The summed E-state index contributed by atoms with van der Waals surface area (Å²) in [5.74, 6) is 0.462. The maximum atomic E-state index is 13.8. The van der Waals surface area contributed by atoms with E-state index in [1.54, 1.807) is 4.57 Å². The summed E-state index contributed by atoms with van der Waals surface area (Å²) >= 11 is 0. The van der Waals surface area contributed by atoms with Crippen molar-refractivity contribution in [2.75, 3.05) is 26.2 Å². The Morgan fingerprint density at radius 3 is 2.35 bits per heavy atom. The molecule has 1 aromatic heterocycles. The van der Waals surface area contributed by atoms with E-state index in [9.17, 15) is 9.59 Å². The fraction of sp³-hybridized carbons (Fsp3) is 0.568. The number of carbonyl (C=O) groups excluding carboxylic acids is 2. The number of amides is 1. The smallest absolute Gasteiger partial charge is 0.419 e. The molecular weight excluding hydrogens is 593 g/mol. The van der Waals surface area contributed by atoms with Crippen LogP contribution in [0.3, 0.4) is 0 Å². The zero-order chi connectivity index (χ0) is 33.0. The maximum Gasteiger partial charge on any atom is 0.419 e. The molecule has 1 atom stereocenters. The highest BCUT2D eigenvalue weighted by atomic mass is 28.3. The Balaban J connectivity index is 1.28. The third-order valence-electron chi connectivity index (χ3n) is 9.12. The van der Waals surface area contributed by atoms with E-state index in [1.165, 1.54) is 24.0 Å². The van der Waals surface area contributed by atoms with Crippen molar-refractivity contribution in [3.05, 3.63) is 58.7 Å². The molecule has 3 heterocycles. The van der Waals surface area contributed by atoms with Gasteiger partial charge in [-0.05, 0) is 99.4 Å². The number of hydrogen-bond acceptors (Lipinski definition) is 6. The Labute approximate surface area is 276 Å². The van der Waals surface area contributed by atoms with Crippen molar-refractivity contribution in [2.24, 2.45) is 5.41 Å². The molecule has 46 heavy (non-hydrogen) atoms. The number of hydrogen-bond donors (Lipinski definition) is 1. The summed E-state index contributed by atoms with van der Waals surface area (Å²) in [6.45, 7) is 22.3. The van der Waals surface area contributed by atoms with Gasteiger partial charge in [0.15, 0.2) is 0 Å². The van der Waals surface area contributed by atoms with E-state index in [0.717, 1.165) is 61.2 Å². The minimum atomic E-state index is -0.795. The van der Waals surface area contributed by atoms with Gasteiger partial charge in [0.1, 0.15) is 5.60 Å². The zero-order valence-corrected chi connectivity index (χ0v) is 30.0. The molecule has 0 spiro atoms. The fourth-order valence-corrected chi connectivity index (χ4v) is 7.71. The lowest BCUT2D eigenvalue weighted by Crippen LogP contribution is -2.52. The second kappa shape index (κ2) is 12.6. The highest BCUT2D eigenvalue weighted by Crippen LogP contribution is 2.45. The molecule has 1 saturated carbocycles. The van der Waals surface area contributed by atoms with Gasteiger partial charge in [-0.1, -0.05) is 39.0 Å². The Morgan fingerprint density at radius 2 is 1.72 bits per heavy atom. The van der Waals surface area contributed by atoms with Crippen LogP contribution in [0.5, 0.6) is 0 Å². The summed E-state index contributed by atoms with van der Waals surface area (Å²) in [6.07, 6.45) is 3.11. The van der Waals surface area contributed by atoms with Gasteiger partial charge >= 0.3 is 6.09 Å². The number of nitrogens with zero attached hydrogens (tertiary/aromatic N) is 3. The van der Waals surface area contributed by atoms with Crippen LogP contribution in [-0.2, 0) is 22.3 Å². The fourth-order valence-electron chi connectivity index (χ4n) is 6.94. The number of benzene rings is 2. The van der Waals surface area contributed by atoms with E-state index in [-0.39, 0.29) is 17.6 Å². The number of carbonyl (C=O) groups is 2. The van der Waals surface area contributed by atoms with Gasteiger partial charge < -0.3 is 14.5 Å². The Morgan fingerprint density at radius 1 is 1.00 bits per heavy atom. The van der Waals surface area contributed by atoms with Crippen molar-refractivity contribution >= 4 is 31.9 Å². The molecule has 2 aromatic carbocycles. The number of ether oxygens (including phenoxy) is 1. The van der Waals surface area contributed by atoms with Crippen molar-refractivity contribution in [1.82, 2.24) is 19.7 Å². The minimum absolute atomic E-state index is 0.0708. The Bertz CT molecular complexity index is 1620. The second-order valence-electron chi connectivity index (χ2n) is 15.8. The molecule has 1 saturated heterocycles. The van der Waals surface area contributed by atoms with Crippen LogP contribution >= 0.6 is 0 Å². The average molecular weight is 644 g/mol. The van der Waals surface area contributed by atoms with Crippen molar-refractivity contribution in [1.29, 1.82) is 0 Å². The number of fused-ring (bicyclic) bond motifs is 2. The predicted octanol–water partition coefficient (Wildman–Crippen LogP) is 7.36. The van der Waals surface area contributed by atoms with Crippen LogP contribution in [0.1, 0.15) is 93.8 Å². The van der Waals surface area contributed by atoms with Gasteiger partial charge in [-0.2, -0.15) is 0 Å². The Hall–Kier alpha value is -2.98. The average Bonchev–Trinajstić information content (AvgIpc) is 3.62. The SMILES string of the molecule is C[Si](C)OC(CC(C)(C)C)N1CCN(Cc2ccc3c(c2)cc(-c2ccc(C4CC4)c4c2C(=O)NC4)n3C(=O)OC(C)(C)C)CC1. The molecule has 2 aliphatic heterocycles. The minimum Gasteiger partial charge on any atom is -0.443 e. The molecule has 6 rings (SSSR count). The van der Waals surface area contributed by atoms with Crippen LogP contribution in [0.2, 0.25) is 13.1 Å². The first kappa shape index (κ1) is 32.9. The van der Waals surface area contributed by atoms with E-state index in [1.807, 2.05) is 32.9 Å². The van der Waals surface area contributed by atoms with Crippen LogP contribution < -0.4 is 5.32 Å². The molecular formula is C37H51N4O4Si. The molecule has 1 aliphatic carbocycles. The quantitative estimate of drug-likeness (QED) is 0.259. The van der Waals surface area contributed by atoms with Crippen LogP contribution in [0.25, 0.3) is 22.2 Å². The summed E-state index contributed by atoms with van der Waals surface area (Å²) in [4.78, 5) is 32.0. The van der Waals surface area contributed by atoms with Crippen molar-refractivity contribution in [3.8, 4) is 11.3 Å². The summed E-state index contributed by atoms with van der Waals surface area (Å²) in [7, 11) is -0.795.